The van der Waals surface area contributed by atoms with E-state index in [2.05, 4.69) is 15.6 Å². The molecule has 2 N–H and O–H groups in total. The number of amides is 1. The fourth-order valence-electron chi connectivity index (χ4n) is 2.18. The van der Waals surface area contributed by atoms with Gasteiger partial charge in [-0.25, -0.2) is 4.98 Å². The van der Waals surface area contributed by atoms with Gasteiger partial charge in [-0.2, -0.15) is 0 Å². The molecule has 0 saturated carbocycles. The quantitative estimate of drug-likeness (QED) is 0.880. The van der Waals surface area contributed by atoms with Crippen LogP contribution in [0.3, 0.4) is 0 Å². The molecule has 0 atom stereocenters. The van der Waals surface area contributed by atoms with Crippen LogP contribution in [0.1, 0.15) is 44.2 Å². The van der Waals surface area contributed by atoms with Crippen molar-refractivity contribution in [3.05, 3.63) is 10.6 Å². The molecule has 0 bridgehead atoms. The van der Waals surface area contributed by atoms with Gasteiger partial charge in [0.05, 0.1) is 11.2 Å². The summed E-state index contributed by atoms with van der Waals surface area (Å²) in [5.41, 5.74) is 0.629. The first kappa shape index (κ1) is 13.5. The van der Waals surface area contributed by atoms with Crippen LogP contribution < -0.4 is 10.6 Å². The van der Waals surface area contributed by atoms with Crippen LogP contribution in [0.2, 0.25) is 0 Å². The Morgan fingerprint density at radius 1 is 1.39 bits per heavy atom. The summed E-state index contributed by atoms with van der Waals surface area (Å²) in [7, 11) is 0. The van der Waals surface area contributed by atoms with Crippen LogP contribution in [-0.2, 0) is 17.6 Å². The summed E-state index contributed by atoms with van der Waals surface area (Å²) < 4.78 is 0. The van der Waals surface area contributed by atoms with E-state index in [9.17, 15) is 4.79 Å². The number of aromatic nitrogens is 1. The summed E-state index contributed by atoms with van der Waals surface area (Å²) >= 11 is 1.63. The molecule has 2 rings (SSSR count). The number of rotatable bonds is 4. The van der Waals surface area contributed by atoms with Crippen LogP contribution in [-0.4, -0.2) is 23.0 Å². The van der Waals surface area contributed by atoms with Crippen molar-refractivity contribution in [2.45, 2.75) is 52.0 Å². The highest BCUT2D eigenvalue weighted by Gasteiger charge is 2.27. The van der Waals surface area contributed by atoms with Crippen molar-refractivity contribution < 1.29 is 4.79 Å². The van der Waals surface area contributed by atoms with E-state index in [1.807, 2.05) is 20.8 Å². The highest BCUT2D eigenvalue weighted by atomic mass is 32.1. The number of thiazole rings is 1. The second kappa shape index (κ2) is 5.36. The Bertz CT molecular complexity index is 416. The number of aryl methyl sites for hydroxylation is 2. The Hall–Kier alpha value is -0.940. The lowest BCUT2D eigenvalue weighted by molar-refractivity contribution is -0.121. The maximum atomic E-state index is 12.1. The molecule has 0 unspecified atom stereocenters. The molecule has 1 heterocycles. The number of fused-ring (bicyclic) bond motifs is 1. The van der Waals surface area contributed by atoms with E-state index in [-0.39, 0.29) is 5.91 Å². The van der Waals surface area contributed by atoms with E-state index in [0.29, 0.717) is 0 Å². The van der Waals surface area contributed by atoms with Crippen LogP contribution in [0.5, 0.6) is 0 Å². The van der Waals surface area contributed by atoms with Gasteiger partial charge in [0.1, 0.15) is 0 Å². The van der Waals surface area contributed by atoms with Crippen LogP contribution in [0.15, 0.2) is 0 Å². The van der Waals surface area contributed by atoms with Crippen molar-refractivity contribution in [2.75, 3.05) is 11.9 Å². The average Bonchev–Trinajstić information content (AvgIpc) is 2.70. The maximum Gasteiger partial charge on any atom is 0.245 e. The molecule has 0 aromatic carbocycles. The Labute approximate surface area is 112 Å². The van der Waals surface area contributed by atoms with E-state index in [1.54, 1.807) is 11.3 Å². The highest BCUT2D eigenvalue weighted by Crippen LogP contribution is 2.29. The van der Waals surface area contributed by atoms with Gasteiger partial charge >= 0.3 is 0 Å². The minimum absolute atomic E-state index is 0.0181. The number of carbonyl (C=O) groups excluding carboxylic acids is 1. The lowest BCUT2D eigenvalue weighted by Crippen LogP contribution is -2.49. The number of carbonyl (C=O) groups is 1. The zero-order chi connectivity index (χ0) is 13.2. The Kier molecular flexibility index (Phi) is 4.02. The molecular weight excluding hydrogens is 246 g/mol. The molecule has 18 heavy (non-hydrogen) atoms. The predicted molar refractivity (Wildman–Crippen MR) is 75.1 cm³/mol. The number of likely N-dealkylation sites (N-methyl/N-ethyl adjacent to an activating group) is 1. The van der Waals surface area contributed by atoms with Crippen LogP contribution in [0, 0.1) is 0 Å². The van der Waals surface area contributed by atoms with Crippen molar-refractivity contribution in [1.82, 2.24) is 10.3 Å². The van der Waals surface area contributed by atoms with Gasteiger partial charge in [-0.3, -0.25) is 4.79 Å². The number of hydrogen-bond donors (Lipinski definition) is 2. The zero-order valence-corrected chi connectivity index (χ0v) is 12.1. The molecular formula is C13H21N3OS. The second-order valence-corrected chi connectivity index (χ2v) is 6.29. The first-order chi connectivity index (χ1) is 8.53. The summed E-state index contributed by atoms with van der Waals surface area (Å²) in [5, 5.41) is 6.85. The lowest BCUT2D eigenvalue weighted by Gasteiger charge is -2.23. The SMILES string of the molecule is CCNC(C)(C)C(=O)Nc1nc2c(s1)CCCC2. The molecule has 100 valence electrons. The molecule has 0 fully saturated rings. The van der Waals surface area contributed by atoms with Gasteiger partial charge in [0, 0.05) is 4.88 Å². The molecule has 1 aliphatic rings. The van der Waals surface area contributed by atoms with Crippen LogP contribution in [0.25, 0.3) is 0 Å². The molecule has 4 nitrogen and oxygen atoms in total. The third kappa shape index (κ3) is 2.90. The fourth-order valence-corrected chi connectivity index (χ4v) is 3.23. The third-order valence-corrected chi connectivity index (χ3v) is 4.33. The van der Waals surface area contributed by atoms with Gasteiger partial charge in [-0.05, 0) is 46.1 Å². The molecule has 0 saturated heterocycles. The molecule has 0 spiro atoms. The fraction of sp³-hybridized carbons (Fsp3) is 0.692. The molecule has 5 heteroatoms. The van der Waals surface area contributed by atoms with Crippen molar-refractivity contribution in [1.29, 1.82) is 0 Å². The Balaban J connectivity index is 2.05. The van der Waals surface area contributed by atoms with E-state index in [0.717, 1.165) is 24.5 Å². The number of hydrogen-bond acceptors (Lipinski definition) is 4. The summed E-state index contributed by atoms with van der Waals surface area (Å²) in [6.45, 7) is 6.55. The van der Waals surface area contributed by atoms with E-state index in [1.165, 1.54) is 23.4 Å². The van der Waals surface area contributed by atoms with Gasteiger partial charge < -0.3 is 10.6 Å². The van der Waals surface area contributed by atoms with Crippen LogP contribution >= 0.6 is 11.3 Å². The van der Waals surface area contributed by atoms with Crippen molar-refractivity contribution in [2.24, 2.45) is 0 Å². The van der Waals surface area contributed by atoms with Gasteiger partial charge in [-0.1, -0.05) is 6.92 Å². The number of nitrogens with one attached hydrogen (secondary N) is 2. The molecule has 1 aromatic heterocycles. The molecule has 0 aliphatic heterocycles. The molecule has 1 amide bonds. The Morgan fingerprint density at radius 2 is 2.11 bits per heavy atom. The highest BCUT2D eigenvalue weighted by molar-refractivity contribution is 7.15. The minimum atomic E-state index is -0.555. The first-order valence-electron chi connectivity index (χ1n) is 6.58. The molecule has 0 radical (unpaired) electrons. The van der Waals surface area contributed by atoms with Gasteiger partial charge in [-0.15, -0.1) is 11.3 Å². The zero-order valence-electron chi connectivity index (χ0n) is 11.3. The smallest absolute Gasteiger partial charge is 0.245 e. The second-order valence-electron chi connectivity index (χ2n) is 5.21. The summed E-state index contributed by atoms with van der Waals surface area (Å²) in [5.74, 6) is -0.0181. The monoisotopic (exact) mass is 267 g/mol. The first-order valence-corrected chi connectivity index (χ1v) is 7.39. The summed E-state index contributed by atoms with van der Waals surface area (Å²) in [6, 6.07) is 0. The summed E-state index contributed by atoms with van der Waals surface area (Å²) in [6.07, 6.45) is 4.62. The topological polar surface area (TPSA) is 54.0 Å². The van der Waals surface area contributed by atoms with Crippen molar-refractivity contribution >= 4 is 22.4 Å². The van der Waals surface area contributed by atoms with Crippen LogP contribution in [0.4, 0.5) is 5.13 Å². The van der Waals surface area contributed by atoms with Crippen molar-refractivity contribution in [3.63, 3.8) is 0 Å². The summed E-state index contributed by atoms with van der Waals surface area (Å²) in [4.78, 5) is 18.0. The van der Waals surface area contributed by atoms with E-state index >= 15 is 0 Å². The normalized spacial score (nSPS) is 15.3. The maximum absolute atomic E-state index is 12.1. The van der Waals surface area contributed by atoms with Gasteiger partial charge in [0.15, 0.2) is 5.13 Å². The molecule has 1 aromatic rings. The average molecular weight is 267 g/mol. The van der Waals surface area contributed by atoms with Crippen molar-refractivity contribution in [3.8, 4) is 0 Å². The van der Waals surface area contributed by atoms with E-state index < -0.39 is 5.54 Å². The number of nitrogens with zero attached hydrogens (tertiary/aromatic N) is 1. The van der Waals surface area contributed by atoms with E-state index in [4.69, 9.17) is 0 Å². The number of anilines is 1. The van der Waals surface area contributed by atoms with Gasteiger partial charge in [0.2, 0.25) is 5.91 Å². The lowest BCUT2D eigenvalue weighted by atomic mass is 10.0. The third-order valence-electron chi connectivity index (χ3n) is 3.25. The molecule has 1 aliphatic carbocycles. The van der Waals surface area contributed by atoms with Gasteiger partial charge in [0.25, 0.3) is 0 Å². The predicted octanol–water partition coefficient (Wildman–Crippen LogP) is 2.35. The Morgan fingerprint density at radius 3 is 2.78 bits per heavy atom. The largest absolute Gasteiger partial charge is 0.304 e. The standard InChI is InChI=1S/C13H21N3OS/c1-4-14-13(2,3)11(17)16-12-15-9-7-5-6-8-10(9)18-12/h14H,4-8H2,1-3H3,(H,15,16,17). The minimum Gasteiger partial charge on any atom is -0.304 e.